The van der Waals surface area contributed by atoms with Crippen molar-refractivity contribution in [2.45, 2.75) is 23.6 Å². The summed E-state index contributed by atoms with van der Waals surface area (Å²) in [6, 6.07) is 17.8. The van der Waals surface area contributed by atoms with Crippen LogP contribution in [0.25, 0.3) is 0 Å². The summed E-state index contributed by atoms with van der Waals surface area (Å²) in [6.45, 7) is 3.19. The highest BCUT2D eigenvalue weighted by Gasteiger charge is 2.17. The standard InChI is InChI=1S/C22H21N3O6S2/c1-16-6-10-21(11-7-16)32(27,28)25-23-15-18-4-3-5-20(14-18)31-33(29,30)22-12-8-19(9-13-22)24-17(2)26/h3-15,25H,1-2H3,(H,24,26)/b23-15-. The predicted octanol–water partition coefficient (Wildman–Crippen LogP) is 3.03. The molecule has 0 atom stereocenters. The van der Waals surface area contributed by atoms with Crippen LogP contribution >= 0.6 is 0 Å². The maximum atomic E-state index is 12.5. The van der Waals surface area contributed by atoms with Gasteiger partial charge in [-0.15, -0.1) is 0 Å². The number of benzene rings is 3. The molecule has 3 aromatic rings. The fraction of sp³-hybridized carbons (Fsp3) is 0.0909. The van der Waals surface area contributed by atoms with Gasteiger partial charge in [-0.3, -0.25) is 4.79 Å². The second-order valence-electron chi connectivity index (χ2n) is 6.98. The van der Waals surface area contributed by atoms with Crippen LogP contribution in [0.15, 0.2) is 87.7 Å². The third-order valence-electron chi connectivity index (χ3n) is 4.25. The summed E-state index contributed by atoms with van der Waals surface area (Å²) < 4.78 is 54.8. The highest BCUT2D eigenvalue weighted by atomic mass is 32.2. The average Bonchev–Trinajstić information content (AvgIpc) is 2.74. The van der Waals surface area contributed by atoms with Crippen LogP contribution in [0.2, 0.25) is 0 Å². The Morgan fingerprint density at radius 3 is 2.18 bits per heavy atom. The number of nitrogens with zero attached hydrogens (tertiary/aromatic N) is 1. The predicted molar refractivity (Wildman–Crippen MR) is 124 cm³/mol. The first-order valence-electron chi connectivity index (χ1n) is 9.59. The van der Waals surface area contributed by atoms with Gasteiger partial charge in [-0.2, -0.15) is 21.9 Å². The maximum Gasteiger partial charge on any atom is 0.339 e. The normalized spacial score (nSPS) is 11.8. The van der Waals surface area contributed by atoms with Crippen molar-refractivity contribution < 1.29 is 25.8 Å². The van der Waals surface area contributed by atoms with E-state index in [0.717, 1.165) is 5.56 Å². The second kappa shape index (κ2) is 9.84. The number of hydrazone groups is 1. The molecule has 3 aromatic carbocycles. The average molecular weight is 488 g/mol. The van der Waals surface area contributed by atoms with Crippen molar-refractivity contribution in [2.75, 3.05) is 5.32 Å². The molecule has 0 aromatic heterocycles. The number of carbonyl (C=O) groups excluding carboxylic acids is 1. The van der Waals surface area contributed by atoms with Crippen LogP contribution in [0.5, 0.6) is 5.75 Å². The summed E-state index contributed by atoms with van der Waals surface area (Å²) >= 11 is 0. The van der Waals surface area contributed by atoms with E-state index in [9.17, 15) is 21.6 Å². The van der Waals surface area contributed by atoms with E-state index < -0.39 is 20.1 Å². The van der Waals surface area contributed by atoms with Gasteiger partial charge in [0.05, 0.1) is 11.1 Å². The molecule has 172 valence electrons. The minimum atomic E-state index is -4.13. The van der Waals surface area contributed by atoms with E-state index in [-0.39, 0.29) is 21.4 Å². The van der Waals surface area contributed by atoms with Crippen LogP contribution in [-0.4, -0.2) is 29.0 Å². The molecule has 9 nitrogen and oxygen atoms in total. The molecule has 0 bridgehead atoms. The lowest BCUT2D eigenvalue weighted by molar-refractivity contribution is -0.114. The van der Waals surface area contributed by atoms with Crippen molar-refractivity contribution in [1.82, 2.24) is 4.83 Å². The summed E-state index contributed by atoms with van der Waals surface area (Å²) in [4.78, 5) is 13.2. The number of hydrogen-bond donors (Lipinski definition) is 2. The van der Waals surface area contributed by atoms with E-state index in [4.69, 9.17) is 4.18 Å². The molecular formula is C22H21N3O6S2. The number of sulfonamides is 1. The van der Waals surface area contributed by atoms with E-state index in [2.05, 4.69) is 15.2 Å². The first-order valence-corrected chi connectivity index (χ1v) is 12.5. The quantitative estimate of drug-likeness (QED) is 0.285. The van der Waals surface area contributed by atoms with E-state index in [0.29, 0.717) is 11.3 Å². The Balaban J connectivity index is 1.70. The van der Waals surface area contributed by atoms with Gasteiger partial charge in [0, 0.05) is 12.6 Å². The zero-order chi connectivity index (χ0) is 24.1. The summed E-state index contributed by atoms with van der Waals surface area (Å²) in [5, 5.41) is 6.28. The smallest absolute Gasteiger partial charge is 0.339 e. The van der Waals surface area contributed by atoms with E-state index in [1.165, 1.54) is 61.7 Å². The van der Waals surface area contributed by atoms with Crippen LogP contribution in [0.3, 0.4) is 0 Å². The lowest BCUT2D eigenvalue weighted by Gasteiger charge is -2.08. The monoisotopic (exact) mass is 487 g/mol. The van der Waals surface area contributed by atoms with Crippen LogP contribution in [0.1, 0.15) is 18.1 Å². The molecule has 0 heterocycles. The Morgan fingerprint density at radius 1 is 0.909 bits per heavy atom. The lowest BCUT2D eigenvalue weighted by Crippen LogP contribution is -2.18. The molecule has 0 saturated heterocycles. The van der Waals surface area contributed by atoms with Crippen LogP contribution in [-0.2, 0) is 24.9 Å². The molecule has 2 N–H and O–H groups in total. The fourth-order valence-corrected chi connectivity index (χ4v) is 4.38. The molecule has 1 amide bonds. The number of amides is 1. The number of nitrogens with one attached hydrogen (secondary N) is 2. The molecule has 0 saturated carbocycles. The van der Waals surface area contributed by atoms with Gasteiger partial charge in [0.25, 0.3) is 10.0 Å². The number of rotatable bonds is 8. The zero-order valence-corrected chi connectivity index (χ0v) is 19.4. The van der Waals surface area contributed by atoms with E-state index in [1.54, 1.807) is 24.3 Å². The fourth-order valence-electron chi connectivity index (χ4n) is 2.67. The van der Waals surface area contributed by atoms with Crippen molar-refractivity contribution in [3.05, 3.63) is 83.9 Å². The Labute approximate surface area is 192 Å². The molecule has 11 heteroatoms. The van der Waals surface area contributed by atoms with Crippen molar-refractivity contribution >= 4 is 38.0 Å². The van der Waals surface area contributed by atoms with E-state index >= 15 is 0 Å². The number of carbonyl (C=O) groups is 1. The Kier molecular flexibility index (Phi) is 7.14. The van der Waals surface area contributed by atoms with Crippen molar-refractivity contribution in [3.63, 3.8) is 0 Å². The molecule has 0 spiro atoms. The van der Waals surface area contributed by atoms with Gasteiger partial charge in [0.2, 0.25) is 5.91 Å². The van der Waals surface area contributed by atoms with Crippen molar-refractivity contribution in [2.24, 2.45) is 5.10 Å². The van der Waals surface area contributed by atoms with Gasteiger partial charge in [0.1, 0.15) is 10.6 Å². The maximum absolute atomic E-state index is 12.5. The molecule has 0 aliphatic carbocycles. The number of hydrogen-bond acceptors (Lipinski definition) is 7. The molecular weight excluding hydrogens is 466 g/mol. The largest absolute Gasteiger partial charge is 0.379 e. The van der Waals surface area contributed by atoms with E-state index in [1.807, 2.05) is 6.92 Å². The molecule has 0 unspecified atom stereocenters. The second-order valence-corrected chi connectivity index (χ2v) is 10.2. The third-order valence-corrected chi connectivity index (χ3v) is 6.75. The van der Waals surface area contributed by atoms with Gasteiger partial charge in [-0.05, 0) is 61.0 Å². The SMILES string of the molecule is CC(=O)Nc1ccc(S(=O)(=O)Oc2cccc(/C=N\NS(=O)(=O)c3ccc(C)cc3)c2)cc1. The van der Waals surface area contributed by atoms with Crippen LogP contribution in [0.4, 0.5) is 5.69 Å². The van der Waals surface area contributed by atoms with Gasteiger partial charge in [-0.1, -0.05) is 29.8 Å². The summed E-state index contributed by atoms with van der Waals surface area (Å²) in [7, 11) is -7.96. The Bertz CT molecular complexity index is 1380. The number of aryl methyl sites for hydroxylation is 1. The van der Waals surface area contributed by atoms with Gasteiger partial charge < -0.3 is 9.50 Å². The highest BCUT2D eigenvalue weighted by Crippen LogP contribution is 2.21. The number of anilines is 1. The van der Waals surface area contributed by atoms with Crippen molar-refractivity contribution in [1.29, 1.82) is 0 Å². The lowest BCUT2D eigenvalue weighted by atomic mass is 10.2. The molecule has 0 aliphatic rings. The molecule has 0 radical (unpaired) electrons. The van der Waals surface area contributed by atoms with Gasteiger partial charge in [0.15, 0.2) is 0 Å². The Morgan fingerprint density at radius 2 is 1.55 bits per heavy atom. The van der Waals surface area contributed by atoms with Crippen LogP contribution < -0.4 is 14.3 Å². The summed E-state index contributed by atoms with van der Waals surface area (Å²) in [5.41, 5.74) is 1.79. The first kappa shape index (κ1) is 24.0. The topological polar surface area (TPSA) is 131 Å². The molecule has 0 aliphatic heterocycles. The van der Waals surface area contributed by atoms with Gasteiger partial charge in [-0.25, -0.2) is 4.83 Å². The minimum Gasteiger partial charge on any atom is -0.379 e. The molecule has 3 rings (SSSR count). The summed E-state index contributed by atoms with van der Waals surface area (Å²) in [5.74, 6) is -0.257. The van der Waals surface area contributed by atoms with Gasteiger partial charge >= 0.3 is 10.1 Å². The summed E-state index contributed by atoms with van der Waals surface area (Å²) in [6.07, 6.45) is 1.23. The molecule has 0 fully saturated rings. The van der Waals surface area contributed by atoms with Crippen molar-refractivity contribution in [3.8, 4) is 5.75 Å². The highest BCUT2D eigenvalue weighted by molar-refractivity contribution is 7.89. The zero-order valence-electron chi connectivity index (χ0n) is 17.7. The van der Waals surface area contributed by atoms with Crippen LogP contribution in [0, 0.1) is 6.92 Å². The molecule has 33 heavy (non-hydrogen) atoms. The third kappa shape index (κ3) is 6.64. The first-order chi connectivity index (χ1) is 15.5. The minimum absolute atomic E-state index is 0.0197. The Hall–Kier alpha value is -3.70.